The Hall–Kier alpha value is -4.51. The Morgan fingerprint density at radius 3 is 2.32 bits per heavy atom. The fraction of sp³-hybridized carbons (Fsp3) is 0.115. The van der Waals surface area contributed by atoms with E-state index >= 15 is 0 Å². The lowest BCUT2D eigenvalue weighted by atomic mass is 10.2. The van der Waals surface area contributed by atoms with Gasteiger partial charge in [-0.15, -0.1) is 0 Å². The third-order valence-corrected chi connectivity index (χ3v) is 5.52. The van der Waals surface area contributed by atoms with E-state index in [-0.39, 0.29) is 11.4 Å². The van der Waals surface area contributed by atoms with Crippen LogP contribution in [0.25, 0.3) is 10.9 Å². The molecule has 0 atom stereocenters. The van der Waals surface area contributed by atoms with Gasteiger partial charge >= 0.3 is 18.0 Å². The molecule has 0 saturated carbocycles. The molecule has 0 unspecified atom stereocenters. The van der Waals surface area contributed by atoms with Crippen molar-refractivity contribution < 1.29 is 32.3 Å². The summed E-state index contributed by atoms with van der Waals surface area (Å²) in [6.45, 7) is 2.32. The number of benzene rings is 3. The molecule has 4 aromatic rings. The Labute approximate surface area is 219 Å². The van der Waals surface area contributed by atoms with Crippen molar-refractivity contribution in [1.29, 1.82) is 0 Å². The van der Waals surface area contributed by atoms with Crippen molar-refractivity contribution >= 4 is 51.6 Å². The maximum atomic E-state index is 13.1. The molecule has 196 valence electrons. The summed E-state index contributed by atoms with van der Waals surface area (Å²) in [5.41, 5.74) is 1.89. The van der Waals surface area contributed by atoms with Gasteiger partial charge in [0.2, 0.25) is 0 Å². The molecule has 3 N–H and O–H groups in total. The zero-order valence-electron chi connectivity index (χ0n) is 19.7. The zero-order valence-corrected chi connectivity index (χ0v) is 20.5. The van der Waals surface area contributed by atoms with Crippen LogP contribution in [0.1, 0.15) is 23.0 Å². The molecule has 38 heavy (non-hydrogen) atoms. The Kier molecular flexibility index (Phi) is 7.58. The molecule has 3 aromatic carbocycles. The number of alkyl halides is 3. The number of aromatic nitrogens is 1. The number of carbonyl (C=O) groups excluding carboxylic acids is 3. The normalized spacial score (nSPS) is 11.2. The maximum Gasteiger partial charge on any atom is 0.416 e. The molecule has 0 spiro atoms. The predicted octanol–water partition coefficient (Wildman–Crippen LogP) is 5.67. The van der Waals surface area contributed by atoms with E-state index in [1.54, 1.807) is 30.3 Å². The third-order valence-electron chi connectivity index (χ3n) is 5.29. The van der Waals surface area contributed by atoms with E-state index in [4.69, 9.17) is 16.3 Å². The second-order valence-electron chi connectivity index (χ2n) is 7.95. The van der Waals surface area contributed by atoms with E-state index < -0.39 is 29.5 Å². The van der Waals surface area contributed by atoms with Gasteiger partial charge in [0, 0.05) is 21.8 Å². The smallest absolute Gasteiger partial charge is 0.416 e. The minimum atomic E-state index is -4.63. The Morgan fingerprint density at radius 1 is 0.895 bits per heavy atom. The molecule has 4 rings (SSSR count). The van der Waals surface area contributed by atoms with Crippen molar-refractivity contribution in [3.8, 4) is 5.75 Å². The monoisotopic (exact) mass is 544 g/mol. The number of halogens is 4. The highest BCUT2D eigenvalue weighted by molar-refractivity contribution is 6.42. The van der Waals surface area contributed by atoms with Crippen molar-refractivity contribution in [1.82, 2.24) is 4.68 Å². The van der Waals surface area contributed by atoms with Crippen LogP contribution in [-0.4, -0.2) is 29.0 Å². The molecule has 3 amide bonds. The highest BCUT2D eigenvalue weighted by atomic mass is 35.5. The minimum Gasteiger partial charge on any atom is -0.494 e. The molecule has 0 bridgehead atoms. The molecular weight excluding hydrogens is 525 g/mol. The van der Waals surface area contributed by atoms with Crippen LogP contribution in [0.3, 0.4) is 0 Å². The topological polar surface area (TPSA) is 101 Å². The van der Waals surface area contributed by atoms with E-state index in [0.29, 0.717) is 40.0 Å². The van der Waals surface area contributed by atoms with Crippen molar-refractivity contribution in [2.75, 3.05) is 22.7 Å². The van der Waals surface area contributed by atoms with Gasteiger partial charge in [-0.05, 0) is 73.7 Å². The number of rotatable bonds is 6. The fourth-order valence-electron chi connectivity index (χ4n) is 3.58. The van der Waals surface area contributed by atoms with Crippen LogP contribution in [0, 0.1) is 0 Å². The summed E-state index contributed by atoms with van der Waals surface area (Å²) in [5.74, 6) is -2.45. The van der Waals surface area contributed by atoms with E-state index in [2.05, 4.69) is 16.1 Å². The minimum absolute atomic E-state index is 0.0311. The van der Waals surface area contributed by atoms with Gasteiger partial charge in [-0.1, -0.05) is 17.7 Å². The highest BCUT2D eigenvalue weighted by Gasteiger charge is 2.30. The summed E-state index contributed by atoms with van der Waals surface area (Å²) in [7, 11) is 0. The first kappa shape index (κ1) is 26.6. The van der Waals surface area contributed by atoms with Crippen LogP contribution < -0.4 is 20.8 Å². The highest BCUT2D eigenvalue weighted by Crippen LogP contribution is 2.30. The molecule has 8 nitrogen and oxygen atoms in total. The predicted molar refractivity (Wildman–Crippen MR) is 137 cm³/mol. The second kappa shape index (κ2) is 10.9. The van der Waals surface area contributed by atoms with E-state index in [1.165, 1.54) is 24.3 Å². The van der Waals surface area contributed by atoms with Gasteiger partial charge in [0.05, 0.1) is 17.7 Å². The first-order valence-electron chi connectivity index (χ1n) is 11.2. The molecule has 0 aliphatic rings. The van der Waals surface area contributed by atoms with Crippen molar-refractivity contribution in [2.45, 2.75) is 13.1 Å². The largest absolute Gasteiger partial charge is 0.494 e. The molecule has 1 aromatic heterocycles. The first-order valence-corrected chi connectivity index (χ1v) is 11.6. The van der Waals surface area contributed by atoms with Crippen molar-refractivity contribution in [2.24, 2.45) is 0 Å². The molecule has 0 aliphatic heterocycles. The number of anilines is 2. The summed E-state index contributed by atoms with van der Waals surface area (Å²) in [5, 5.41) is 5.70. The van der Waals surface area contributed by atoms with Crippen molar-refractivity contribution in [3.05, 3.63) is 89.1 Å². The summed E-state index contributed by atoms with van der Waals surface area (Å²) in [4.78, 5) is 38.3. The SMILES string of the molecule is CCOc1ccc(NC(=O)c2cc3cc(Cl)ccc3n2NC(=O)C(=O)Nc2cccc(C(F)(F)F)c2)cc1. The number of fused-ring (bicyclic) bond motifs is 1. The van der Waals surface area contributed by atoms with E-state index in [9.17, 15) is 27.6 Å². The fourth-order valence-corrected chi connectivity index (χ4v) is 3.76. The van der Waals surface area contributed by atoms with Gasteiger partial charge in [0.1, 0.15) is 11.4 Å². The lowest BCUT2D eigenvalue weighted by Gasteiger charge is -2.13. The van der Waals surface area contributed by atoms with Gasteiger partial charge in [-0.3, -0.25) is 19.8 Å². The number of hydrogen-bond acceptors (Lipinski definition) is 4. The number of carbonyl (C=O) groups is 3. The van der Waals surface area contributed by atoms with E-state index in [0.717, 1.165) is 16.8 Å². The zero-order chi connectivity index (χ0) is 27.4. The second-order valence-corrected chi connectivity index (χ2v) is 8.39. The lowest BCUT2D eigenvalue weighted by molar-refractivity contribution is -0.137. The van der Waals surface area contributed by atoms with Crippen LogP contribution in [0.5, 0.6) is 5.75 Å². The van der Waals surface area contributed by atoms with Gasteiger partial charge in [-0.25, -0.2) is 4.68 Å². The standard InChI is InChI=1S/C26H20ClF3N4O4/c1-2-38-20-9-7-18(8-10-20)31-23(35)22-13-15-12-17(27)6-11-21(15)34(22)33-25(37)24(36)32-19-5-3-4-16(14-19)26(28,29)30/h3-14H,2H2,1H3,(H,31,35)(H,32,36)(H,33,37). The number of nitrogens with zero attached hydrogens (tertiary/aromatic N) is 1. The lowest BCUT2D eigenvalue weighted by Crippen LogP contribution is -2.36. The molecule has 0 radical (unpaired) electrons. The Bertz CT molecular complexity index is 1520. The van der Waals surface area contributed by atoms with Crippen LogP contribution in [-0.2, 0) is 15.8 Å². The van der Waals surface area contributed by atoms with Crippen LogP contribution in [0.15, 0.2) is 72.8 Å². The summed E-state index contributed by atoms with van der Waals surface area (Å²) in [6.07, 6.45) is -4.63. The van der Waals surface area contributed by atoms with Crippen molar-refractivity contribution in [3.63, 3.8) is 0 Å². The van der Waals surface area contributed by atoms with Gasteiger partial charge < -0.3 is 15.4 Å². The third kappa shape index (κ3) is 6.06. The Balaban J connectivity index is 1.58. The summed E-state index contributed by atoms with van der Waals surface area (Å²) >= 11 is 6.07. The number of nitrogens with one attached hydrogen (secondary N) is 3. The average molecular weight is 545 g/mol. The van der Waals surface area contributed by atoms with E-state index in [1.807, 2.05) is 6.92 Å². The van der Waals surface area contributed by atoms with Gasteiger partial charge in [-0.2, -0.15) is 13.2 Å². The molecule has 0 aliphatic carbocycles. The molecule has 1 heterocycles. The van der Waals surface area contributed by atoms with Crippen LogP contribution in [0.4, 0.5) is 24.5 Å². The molecule has 0 saturated heterocycles. The number of amides is 3. The summed E-state index contributed by atoms with van der Waals surface area (Å²) in [6, 6.07) is 16.6. The maximum absolute atomic E-state index is 13.1. The molecular formula is C26H20ClF3N4O4. The summed E-state index contributed by atoms with van der Waals surface area (Å²) < 4.78 is 45.4. The van der Waals surface area contributed by atoms with Crippen LogP contribution >= 0.6 is 11.6 Å². The Morgan fingerprint density at radius 2 is 1.63 bits per heavy atom. The van der Waals surface area contributed by atoms with Gasteiger partial charge in [0.15, 0.2) is 0 Å². The number of hydrogen-bond donors (Lipinski definition) is 3. The van der Waals surface area contributed by atoms with Crippen LogP contribution in [0.2, 0.25) is 5.02 Å². The molecule has 12 heteroatoms. The molecule has 0 fully saturated rings. The average Bonchev–Trinajstić information content (AvgIpc) is 3.22. The quantitative estimate of drug-likeness (QED) is 0.272. The van der Waals surface area contributed by atoms with Gasteiger partial charge in [0.25, 0.3) is 5.91 Å². The first-order chi connectivity index (χ1) is 18.0. The number of ether oxygens (including phenoxy) is 1.